The monoisotopic (exact) mass is 221 g/mol. The summed E-state index contributed by atoms with van der Waals surface area (Å²) < 4.78 is 5.21. The maximum Gasteiger partial charge on any atom is 0.0883 e. The van der Waals surface area contributed by atoms with Crippen molar-refractivity contribution in [1.82, 2.24) is 0 Å². The number of aryl methyl sites for hydroxylation is 1. The van der Waals surface area contributed by atoms with Gasteiger partial charge in [-0.25, -0.2) is 0 Å². The van der Waals surface area contributed by atoms with E-state index in [9.17, 15) is 0 Å². The molecule has 2 aliphatic rings. The molecule has 80 valence electrons. The van der Waals surface area contributed by atoms with Crippen LogP contribution in [0, 0.1) is 0 Å². The van der Waals surface area contributed by atoms with Gasteiger partial charge in [0.05, 0.1) is 18.8 Å². The van der Waals surface area contributed by atoms with E-state index in [1.165, 1.54) is 34.6 Å². The van der Waals surface area contributed by atoms with Gasteiger partial charge in [0.1, 0.15) is 0 Å². The molecule has 0 aromatic heterocycles. The molecule has 0 bridgehead atoms. The Labute approximate surface area is 94.2 Å². The van der Waals surface area contributed by atoms with Crippen molar-refractivity contribution in [3.05, 3.63) is 29.3 Å². The van der Waals surface area contributed by atoms with Gasteiger partial charge in [-0.2, -0.15) is 0 Å². The van der Waals surface area contributed by atoms with E-state index in [2.05, 4.69) is 18.2 Å². The van der Waals surface area contributed by atoms with Crippen molar-refractivity contribution < 1.29 is 4.74 Å². The number of nitrogens with two attached hydrogens (primary N) is 1. The van der Waals surface area contributed by atoms with Crippen molar-refractivity contribution in [3.63, 3.8) is 0 Å². The molecule has 1 saturated heterocycles. The summed E-state index contributed by atoms with van der Waals surface area (Å²) in [6.07, 6.45) is 2.49. The molecule has 2 N–H and O–H groups in total. The Kier molecular flexibility index (Phi) is 2.27. The summed E-state index contributed by atoms with van der Waals surface area (Å²) in [5, 5.41) is 0. The van der Waals surface area contributed by atoms with Crippen LogP contribution in [0.3, 0.4) is 0 Å². The number of ether oxygens (including phenoxy) is 1. The number of fused-ring (bicyclic) bond motifs is 1. The zero-order chi connectivity index (χ0) is 10.3. The molecule has 0 aliphatic carbocycles. The summed E-state index contributed by atoms with van der Waals surface area (Å²) in [6.45, 7) is 1.33. The van der Waals surface area contributed by atoms with Gasteiger partial charge in [-0.05, 0) is 35.8 Å². The number of thioether (sulfide) groups is 1. The van der Waals surface area contributed by atoms with Crippen LogP contribution >= 0.6 is 11.8 Å². The van der Waals surface area contributed by atoms with Gasteiger partial charge in [0.15, 0.2) is 0 Å². The molecule has 2 heterocycles. The summed E-state index contributed by atoms with van der Waals surface area (Å²) in [7, 11) is 0. The average Bonchev–Trinajstić information content (AvgIpc) is 2.25. The van der Waals surface area contributed by atoms with Crippen molar-refractivity contribution in [1.29, 1.82) is 0 Å². The van der Waals surface area contributed by atoms with E-state index in [1.54, 1.807) is 0 Å². The number of rotatable bonds is 1. The van der Waals surface area contributed by atoms with Crippen LogP contribution in [-0.4, -0.2) is 19.0 Å². The molecule has 2 aliphatic heterocycles. The molecule has 1 aromatic rings. The van der Waals surface area contributed by atoms with E-state index in [-0.39, 0.29) is 5.54 Å². The van der Waals surface area contributed by atoms with Gasteiger partial charge < -0.3 is 10.5 Å². The fraction of sp³-hybridized carbons (Fsp3) is 0.500. The van der Waals surface area contributed by atoms with Crippen LogP contribution in [0.25, 0.3) is 0 Å². The van der Waals surface area contributed by atoms with Gasteiger partial charge in [0, 0.05) is 4.90 Å². The van der Waals surface area contributed by atoms with Crippen LogP contribution in [0.5, 0.6) is 0 Å². The largest absolute Gasteiger partial charge is 0.377 e. The Balaban J connectivity index is 1.97. The minimum Gasteiger partial charge on any atom is -0.377 e. The third-order valence-electron chi connectivity index (χ3n) is 3.20. The van der Waals surface area contributed by atoms with E-state index >= 15 is 0 Å². The van der Waals surface area contributed by atoms with E-state index in [0.29, 0.717) is 13.2 Å². The topological polar surface area (TPSA) is 35.2 Å². The van der Waals surface area contributed by atoms with Crippen molar-refractivity contribution in [2.24, 2.45) is 5.73 Å². The molecule has 15 heavy (non-hydrogen) atoms. The molecule has 0 saturated carbocycles. The first-order valence-electron chi connectivity index (χ1n) is 5.41. The van der Waals surface area contributed by atoms with Crippen molar-refractivity contribution in [2.45, 2.75) is 23.3 Å². The quantitative estimate of drug-likeness (QED) is 0.786. The third kappa shape index (κ3) is 1.59. The number of benzene rings is 1. The highest BCUT2D eigenvalue weighted by Crippen LogP contribution is 2.34. The Bertz CT molecular complexity index is 387. The van der Waals surface area contributed by atoms with Gasteiger partial charge >= 0.3 is 0 Å². The predicted octanol–water partition coefficient (Wildman–Crippen LogP) is 1.91. The minimum absolute atomic E-state index is 0.211. The third-order valence-corrected chi connectivity index (χ3v) is 4.40. The lowest BCUT2D eigenvalue weighted by Gasteiger charge is -2.38. The highest BCUT2D eigenvalue weighted by molar-refractivity contribution is 7.99. The van der Waals surface area contributed by atoms with Gasteiger partial charge in [0.2, 0.25) is 0 Å². The molecule has 1 aromatic carbocycles. The lowest BCUT2D eigenvalue weighted by Crippen LogP contribution is -2.54. The van der Waals surface area contributed by atoms with E-state index in [0.717, 1.165) is 0 Å². The average molecular weight is 221 g/mol. The van der Waals surface area contributed by atoms with Gasteiger partial charge in [-0.3, -0.25) is 0 Å². The molecule has 2 nitrogen and oxygen atoms in total. The number of hydrogen-bond acceptors (Lipinski definition) is 3. The van der Waals surface area contributed by atoms with Crippen LogP contribution in [0.15, 0.2) is 23.1 Å². The van der Waals surface area contributed by atoms with Crippen LogP contribution in [0.4, 0.5) is 0 Å². The zero-order valence-electron chi connectivity index (χ0n) is 8.66. The summed E-state index contributed by atoms with van der Waals surface area (Å²) in [4.78, 5) is 1.44. The highest BCUT2D eigenvalue weighted by atomic mass is 32.2. The zero-order valence-corrected chi connectivity index (χ0v) is 9.48. The Hall–Kier alpha value is -0.510. The normalized spacial score (nSPS) is 23.0. The second kappa shape index (κ2) is 3.51. The molecule has 3 rings (SSSR count). The van der Waals surface area contributed by atoms with Crippen LogP contribution in [0.2, 0.25) is 0 Å². The van der Waals surface area contributed by atoms with E-state index in [1.807, 2.05) is 11.8 Å². The highest BCUT2D eigenvalue weighted by Gasteiger charge is 2.36. The molecule has 3 heteroatoms. The predicted molar refractivity (Wildman–Crippen MR) is 62.2 cm³/mol. The van der Waals surface area contributed by atoms with E-state index < -0.39 is 0 Å². The summed E-state index contributed by atoms with van der Waals surface area (Å²) in [5.74, 6) is 1.25. The molecular weight excluding hydrogens is 206 g/mol. The van der Waals surface area contributed by atoms with Crippen LogP contribution in [0.1, 0.15) is 17.5 Å². The Morgan fingerprint density at radius 3 is 2.93 bits per heavy atom. The minimum atomic E-state index is -0.211. The fourth-order valence-electron chi connectivity index (χ4n) is 2.16. The molecule has 0 atom stereocenters. The van der Waals surface area contributed by atoms with Crippen molar-refractivity contribution in [3.8, 4) is 0 Å². The Morgan fingerprint density at radius 2 is 2.20 bits per heavy atom. The maximum atomic E-state index is 6.23. The molecular formula is C12H15NOS. The molecule has 1 fully saturated rings. The Morgan fingerprint density at radius 1 is 1.33 bits per heavy atom. The fourth-order valence-corrected chi connectivity index (χ4v) is 3.18. The van der Waals surface area contributed by atoms with Gasteiger partial charge in [-0.1, -0.05) is 12.1 Å². The van der Waals surface area contributed by atoms with Crippen LogP contribution in [-0.2, 0) is 16.7 Å². The standard InChI is InChI=1S/C12H15NOS/c13-12(7-14-8-12)10-3-4-11-9(6-10)2-1-5-15-11/h3-4,6H,1-2,5,7-8,13H2. The number of hydrogen-bond donors (Lipinski definition) is 1. The first-order chi connectivity index (χ1) is 7.28. The maximum absolute atomic E-state index is 6.23. The first kappa shape index (κ1) is 9.70. The van der Waals surface area contributed by atoms with Gasteiger partial charge in [-0.15, -0.1) is 11.8 Å². The van der Waals surface area contributed by atoms with Crippen molar-refractivity contribution >= 4 is 11.8 Å². The molecule has 0 radical (unpaired) electrons. The molecule has 0 spiro atoms. The SMILES string of the molecule is NC1(c2ccc3c(c2)CCCS3)COC1. The molecule has 0 amide bonds. The van der Waals surface area contributed by atoms with Crippen LogP contribution < -0.4 is 5.73 Å². The lowest BCUT2D eigenvalue weighted by atomic mass is 9.88. The van der Waals surface area contributed by atoms with Gasteiger partial charge in [0.25, 0.3) is 0 Å². The van der Waals surface area contributed by atoms with Crippen molar-refractivity contribution in [2.75, 3.05) is 19.0 Å². The van der Waals surface area contributed by atoms with E-state index in [4.69, 9.17) is 10.5 Å². The summed E-state index contributed by atoms with van der Waals surface area (Å²) in [6, 6.07) is 6.67. The second-order valence-corrected chi connectivity index (χ2v) is 5.56. The summed E-state index contributed by atoms with van der Waals surface area (Å²) in [5.41, 5.74) is 8.73. The summed E-state index contributed by atoms with van der Waals surface area (Å²) >= 11 is 1.96. The lowest BCUT2D eigenvalue weighted by molar-refractivity contribution is -0.0569. The smallest absolute Gasteiger partial charge is 0.0883 e. The second-order valence-electron chi connectivity index (χ2n) is 4.42. The first-order valence-corrected chi connectivity index (χ1v) is 6.39. The molecule has 0 unspecified atom stereocenters.